The van der Waals surface area contributed by atoms with Crippen LogP contribution in [0.4, 0.5) is 0 Å². The molecule has 0 bridgehead atoms. The molecule has 1 saturated heterocycles. The van der Waals surface area contributed by atoms with Crippen molar-refractivity contribution >= 4 is 17.0 Å². The number of carbonyl (C=O) groups excluding carboxylic acids is 1. The third-order valence-corrected chi connectivity index (χ3v) is 5.19. The SMILES string of the molecule is CCCc1noc2nc(C3CC3)cc(C(=O)NCCN3CCNCC3)c12. The standard InChI is InChI=1S/C19H27N5O2/c1-2-3-15-17-14(12-16(13-4-5-13)22-19(17)26-23-15)18(25)21-8-11-24-9-6-20-7-10-24/h12-13,20H,2-11H2,1H3,(H,21,25). The molecule has 7 nitrogen and oxygen atoms in total. The van der Waals surface area contributed by atoms with E-state index in [-0.39, 0.29) is 5.91 Å². The Labute approximate surface area is 153 Å². The van der Waals surface area contributed by atoms with E-state index in [2.05, 4.69) is 32.6 Å². The van der Waals surface area contributed by atoms with E-state index >= 15 is 0 Å². The third kappa shape index (κ3) is 3.73. The highest BCUT2D eigenvalue weighted by Crippen LogP contribution is 2.40. The lowest BCUT2D eigenvalue weighted by atomic mass is 10.1. The van der Waals surface area contributed by atoms with Gasteiger partial charge >= 0.3 is 0 Å². The van der Waals surface area contributed by atoms with Crippen LogP contribution in [0.3, 0.4) is 0 Å². The number of amides is 1. The maximum absolute atomic E-state index is 12.9. The topological polar surface area (TPSA) is 83.3 Å². The summed E-state index contributed by atoms with van der Waals surface area (Å²) in [5.41, 5.74) is 2.97. The summed E-state index contributed by atoms with van der Waals surface area (Å²) in [7, 11) is 0. The Morgan fingerprint density at radius 1 is 1.38 bits per heavy atom. The Morgan fingerprint density at radius 2 is 2.19 bits per heavy atom. The molecule has 0 atom stereocenters. The number of hydrogen-bond acceptors (Lipinski definition) is 6. The second kappa shape index (κ2) is 7.72. The molecule has 3 heterocycles. The van der Waals surface area contributed by atoms with Gasteiger partial charge < -0.3 is 15.2 Å². The maximum Gasteiger partial charge on any atom is 0.259 e. The van der Waals surface area contributed by atoms with Gasteiger partial charge in [0.15, 0.2) is 0 Å². The Hall–Kier alpha value is -1.99. The molecule has 1 aliphatic carbocycles. The summed E-state index contributed by atoms with van der Waals surface area (Å²) < 4.78 is 5.45. The van der Waals surface area contributed by atoms with Crippen LogP contribution >= 0.6 is 0 Å². The summed E-state index contributed by atoms with van der Waals surface area (Å²) in [5.74, 6) is 0.418. The molecule has 1 saturated carbocycles. The Balaban J connectivity index is 1.52. The van der Waals surface area contributed by atoms with Gasteiger partial charge in [0.1, 0.15) is 0 Å². The van der Waals surface area contributed by atoms with Gasteiger partial charge in [-0.2, -0.15) is 0 Å². The highest BCUT2D eigenvalue weighted by molar-refractivity contribution is 6.06. The first-order valence-corrected chi connectivity index (χ1v) is 9.76. The molecular formula is C19H27N5O2. The van der Waals surface area contributed by atoms with Crippen molar-refractivity contribution < 1.29 is 9.32 Å². The molecule has 2 aromatic rings. The van der Waals surface area contributed by atoms with E-state index in [4.69, 9.17) is 4.52 Å². The number of fused-ring (bicyclic) bond motifs is 1. The molecule has 2 N–H and O–H groups in total. The van der Waals surface area contributed by atoms with Gasteiger partial charge in [0, 0.05) is 50.9 Å². The monoisotopic (exact) mass is 357 g/mol. The Kier molecular flexibility index (Phi) is 5.17. The van der Waals surface area contributed by atoms with Crippen LogP contribution in [-0.4, -0.2) is 60.2 Å². The fourth-order valence-corrected chi connectivity index (χ4v) is 3.56. The number of aromatic nitrogens is 2. The molecule has 1 amide bonds. The van der Waals surface area contributed by atoms with E-state index in [0.717, 1.165) is 75.2 Å². The van der Waals surface area contributed by atoms with Crippen LogP contribution in [0.15, 0.2) is 10.6 Å². The quantitative estimate of drug-likeness (QED) is 0.785. The largest absolute Gasteiger partial charge is 0.351 e. The second-order valence-electron chi connectivity index (χ2n) is 7.28. The van der Waals surface area contributed by atoms with Crippen molar-refractivity contribution in [1.82, 2.24) is 25.7 Å². The summed E-state index contributed by atoms with van der Waals surface area (Å²) in [6, 6.07) is 1.95. The molecule has 0 aromatic carbocycles. The first kappa shape index (κ1) is 17.4. The van der Waals surface area contributed by atoms with Crippen LogP contribution in [0.25, 0.3) is 11.1 Å². The molecule has 140 valence electrons. The summed E-state index contributed by atoms with van der Waals surface area (Å²) in [6.07, 6.45) is 4.02. The number of nitrogens with one attached hydrogen (secondary N) is 2. The predicted octanol–water partition coefficient (Wildman–Crippen LogP) is 1.69. The number of pyridine rings is 1. The molecule has 2 aromatic heterocycles. The molecule has 4 rings (SSSR count). The van der Waals surface area contributed by atoms with Crippen molar-refractivity contribution in [3.63, 3.8) is 0 Å². The number of aryl methyl sites for hydroxylation is 1. The molecule has 7 heteroatoms. The van der Waals surface area contributed by atoms with Gasteiger partial charge in [0.2, 0.25) is 0 Å². The highest BCUT2D eigenvalue weighted by Gasteiger charge is 2.29. The average Bonchev–Trinajstić information content (AvgIpc) is 3.44. The van der Waals surface area contributed by atoms with Gasteiger partial charge in [-0.05, 0) is 25.3 Å². The van der Waals surface area contributed by atoms with Crippen LogP contribution in [0.5, 0.6) is 0 Å². The fraction of sp³-hybridized carbons (Fsp3) is 0.632. The van der Waals surface area contributed by atoms with Crippen molar-refractivity contribution in [3.05, 3.63) is 23.0 Å². The van der Waals surface area contributed by atoms with E-state index in [9.17, 15) is 4.79 Å². The van der Waals surface area contributed by atoms with Gasteiger partial charge in [-0.1, -0.05) is 18.5 Å². The van der Waals surface area contributed by atoms with Crippen molar-refractivity contribution in [2.24, 2.45) is 0 Å². The number of piperazine rings is 1. The zero-order valence-corrected chi connectivity index (χ0v) is 15.4. The summed E-state index contributed by atoms with van der Waals surface area (Å²) in [6.45, 7) is 7.73. The first-order chi connectivity index (χ1) is 12.8. The minimum Gasteiger partial charge on any atom is -0.351 e. The lowest BCUT2D eigenvalue weighted by Crippen LogP contribution is -2.46. The van der Waals surface area contributed by atoms with Crippen molar-refractivity contribution in [1.29, 1.82) is 0 Å². The van der Waals surface area contributed by atoms with E-state index in [0.29, 0.717) is 23.7 Å². The minimum atomic E-state index is -0.0463. The lowest BCUT2D eigenvalue weighted by molar-refractivity contribution is 0.0948. The molecule has 26 heavy (non-hydrogen) atoms. The minimum absolute atomic E-state index is 0.0463. The normalized spacial score (nSPS) is 18.3. The van der Waals surface area contributed by atoms with Gasteiger partial charge in [0.25, 0.3) is 11.6 Å². The molecule has 2 aliphatic rings. The third-order valence-electron chi connectivity index (χ3n) is 5.19. The first-order valence-electron chi connectivity index (χ1n) is 9.76. The van der Waals surface area contributed by atoms with Crippen molar-refractivity contribution in [3.8, 4) is 0 Å². The second-order valence-corrected chi connectivity index (χ2v) is 7.28. The highest BCUT2D eigenvalue weighted by atomic mass is 16.5. The maximum atomic E-state index is 12.9. The zero-order valence-electron chi connectivity index (χ0n) is 15.4. The average molecular weight is 357 g/mol. The molecular weight excluding hydrogens is 330 g/mol. The van der Waals surface area contributed by atoms with Crippen LogP contribution in [0.2, 0.25) is 0 Å². The molecule has 0 radical (unpaired) electrons. The summed E-state index contributed by atoms with van der Waals surface area (Å²) in [5, 5.41) is 11.4. The van der Waals surface area contributed by atoms with Crippen molar-refractivity contribution in [2.45, 2.75) is 38.5 Å². The molecule has 0 unspecified atom stereocenters. The van der Waals surface area contributed by atoms with Gasteiger partial charge in [0.05, 0.1) is 16.6 Å². The van der Waals surface area contributed by atoms with Crippen LogP contribution in [0, 0.1) is 0 Å². The van der Waals surface area contributed by atoms with Crippen LogP contribution in [-0.2, 0) is 6.42 Å². The smallest absolute Gasteiger partial charge is 0.259 e. The van der Waals surface area contributed by atoms with E-state index in [1.165, 1.54) is 0 Å². The fourth-order valence-electron chi connectivity index (χ4n) is 3.56. The number of nitrogens with zero attached hydrogens (tertiary/aromatic N) is 3. The predicted molar refractivity (Wildman–Crippen MR) is 99.4 cm³/mol. The molecule has 1 aliphatic heterocycles. The number of carbonyl (C=O) groups is 1. The molecule has 2 fully saturated rings. The van der Waals surface area contributed by atoms with Crippen molar-refractivity contribution in [2.75, 3.05) is 39.3 Å². The van der Waals surface area contributed by atoms with Gasteiger partial charge in [-0.25, -0.2) is 4.98 Å². The summed E-state index contributed by atoms with van der Waals surface area (Å²) >= 11 is 0. The van der Waals surface area contributed by atoms with E-state index in [1.54, 1.807) is 0 Å². The Morgan fingerprint density at radius 3 is 2.92 bits per heavy atom. The van der Waals surface area contributed by atoms with Gasteiger partial charge in [-0.15, -0.1) is 0 Å². The van der Waals surface area contributed by atoms with Crippen LogP contribution < -0.4 is 10.6 Å². The van der Waals surface area contributed by atoms with E-state index < -0.39 is 0 Å². The molecule has 0 spiro atoms. The number of rotatable bonds is 7. The summed E-state index contributed by atoms with van der Waals surface area (Å²) in [4.78, 5) is 19.9. The van der Waals surface area contributed by atoms with Crippen LogP contribution in [0.1, 0.15) is 53.8 Å². The van der Waals surface area contributed by atoms with E-state index in [1.807, 2.05) is 6.07 Å². The lowest BCUT2D eigenvalue weighted by Gasteiger charge is -2.27. The number of hydrogen-bond donors (Lipinski definition) is 2. The van der Waals surface area contributed by atoms with Gasteiger partial charge in [-0.3, -0.25) is 9.69 Å². The zero-order chi connectivity index (χ0) is 17.9. The Bertz CT molecular complexity index is 778.